The van der Waals surface area contributed by atoms with Gasteiger partial charge in [-0.2, -0.15) is 5.10 Å². The molecule has 0 aliphatic carbocycles. The van der Waals surface area contributed by atoms with Gasteiger partial charge in [0.15, 0.2) is 6.61 Å². The molecule has 1 amide bonds. The first-order valence-corrected chi connectivity index (χ1v) is 9.55. The van der Waals surface area contributed by atoms with E-state index >= 15 is 0 Å². The molecule has 1 aromatic heterocycles. The van der Waals surface area contributed by atoms with Crippen LogP contribution in [0.1, 0.15) is 23.9 Å². The molecule has 0 unspecified atom stereocenters. The zero-order valence-corrected chi connectivity index (χ0v) is 17.2. The number of benzene rings is 2. The van der Waals surface area contributed by atoms with Crippen LogP contribution in [-0.2, 0) is 21.4 Å². The molecule has 3 rings (SSSR count). The Morgan fingerprint density at radius 2 is 1.86 bits per heavy atom. The monoisotopic (exact) mass is 391 g/mol. The topological polar surface area (TPSA) is 64.4 Å². The van der Waals surface area contributed by atoms with Crippen molar-refractivity contribution in [1.82, 2.24) is 9.78 Å². The number of likely N-dealkylation sites (N-methyl/N-ethyl adjacent to an activating group) is 1. The van der Waals surface area contributed by atoms with E-state index < -0.39 is 5.97 Å². The van der Waals surface area contributed by atoms with E-state index in [4.69, 9.17) is 4.74 Å². The minimum Gasteiger partial charge on any atom is -0.452 e. The lowest BCUT2D eigenvalue weighted by Gasteiger charge is -2.22. The molecule has 0 saturated heterocycles. The van der Waals surface area contributed by atoms with Crippen molar-refractivity contribution >= 4 is 34.4 Å². The lowest BCUT2D eigenvalue weighted by Crippen LogP contribution is -2.34. The Bertz CT molecular complexity index is 1080. The van der Waals surface area contributed by atoms with E-state index in [9.17, 15) is 9.59 Å². The van der Waals surface area contributed by atoms with Crippen molar-refractivity contribution in [3.8, 4) is 0 Å². The summed E-state index contributed by atoms with van der Waals surface area (Å²) in [5.41, 5.74) is 3.47. The molecule has 0 bridgehead atoms. The Hall–Kier alpha value is -3.41. The highest BCUT2D eigenvalue weighted by atomic mass is 16.5. The number of hydrogen-bond donors (Lipinski definition) is 0. The zero-order chi connectivity index (χ0) is 21.0. The number of aromatic nitrogens is 2. The van der Waals surface area contributed by atoms with Gasteiger partial charge in [0.05, 0.1) is 11.4 Å². The van der Waals surface area contributed by atoms with Gasteiger partial charge in [-0.15, -0.1) is 0 Å². The van der Waals surface area contributed by atoms with Crippen molar-refractivity contribution in [2.75, 3.05) is 18.1 Å². The van der Waals surface area contributed by atoms with Crippen molar-refractivity contribution in [3.63, 3.8) is 0 Å². The number of amides is 1. The van der Waals surface area contributed by atoms with Gasteiger partial charge in [-0.25, -0.2) is 4.79 Å². The van der Waals surface area contributed by atoms with Crippen molar-refractivity contribution < 1.29 is 14.3 Å². The third kappa shape index (κ3) is 4.37. The Balaban J connectivity index is 1.68. The number of rotatable bonds is 6. The molecule has 0 spiro atoms. The second-order valence-electron chi connectivity index (χ2n) is 6.79. The highest BCUT2D eigenvalue weighted by molar-refractivity contribution is 6.04. The van der Waals surface area contributed by atoms with Gasteiger partial charge in [-0.05, 0) is 38.3 Å². The van der Waals surface area contributed by atoms with Gasteiger partial charge < -0.3 is 9.64 Å². The molecule has 150 valence electrons. The second kappa shape index (κ2) is 8.73. The number of ether oxygens (including phenoxy) is 1. The van der Waals surface area contributed by atoms with Crippen LogP contribution in [0.25, 0.3) is 16.8 Å². The van der Waals surface area contributed by atoms with Gasteiger partial charge in [0, 0.05) is 36.3 Å². The summed E-state index contributed by atoms with van der Waals surface area (Å²) in [6, 6.07) is 13.7. The van der Waals surface area contributed by atoms with E-state index in [0.29, 0.717) is 6.54 Å². The minimum atomic E-state index is -0.560. The van der Waals surface area contributed by atoms with Gasteiger partial charge in [-0.3, -0.25) is 9.48 Å². The average molecular weight is 391 g/mol. The predicted octanol–water partition coefficient (Wildman–Crippen LogP) is 3.80. The summed E-state index contributed by atoms with van der Waals surface area (Å²) >= 11 is 0. The summed E-state index contributed by atoms with van der Waals surface area (Å²) < 4.78 is 6.94. The predicted molar refractivity (Wildman–Crippen MR) is 115 cm³/mol. The summed E-state index contributed by atoms with van der Waals surface area (Å²) in [6.07, 6.45) is 3.01. The quantitative estimate of drug-likeness (QED) is 0.474. The smallest absolute Gasteiger partial charge is 0.331 e. The van der Waals surface area contributed by atoms with Crippen LogP contribution in [0.3, 0.4) is 0 Å². The Labute approximate surface area is 170 Å². The van der Waals surface area contributed by atoms with Crippen LogP contribution in [0.5, 0.6) is 0 Å². The van der Waals surface area contributed by atoms with Crippen molar-refractivity contribution in [2.24, 2.45) is 7.05 Å². The number of fused-ring (bicyclic) bond motifs is 1. The molecule has 29 heavy (non-hydrogen) atoms. The summed E-state index contributed by atoms with van der Waals surface area (Å²) in [7, 11) is 1.85. The van der Waals surface area contributed by atoms with E-state index in [0.717, 1.165) is 33.4 Å². The van der Waals surface area contributed by atoms with Crippen molar-refractivity contribution in [3.05, 3.63) is 65.5 Å². The molecule has 2 aromatic carbocycles. The third-order valence-electron chi connectivity index (χ3n) is 4.96. The second-order valence-corrected chi connectivity index (χ2v) is 6.79. The maximum absolute atomic E-state index is 12.7. The standard InChI is InChI=1S/C23H25N3O3/c1-5-26(21-12-8-10-18-9-6-7-11-20(18)21)22(27)15-29-23(28)14-13-19-16(2)24-25(4)17(19)3/h6-14H,5,15H2,1-4H3. The van der Waals surface area contributed by atoms with E-state index in [1.54, 1.807) is 15.7 Å². The van der Waals surface area contributed by atoms with Crippen LogP contribution in [-0.4, -0.2) is 34.8 Å². The zero-order valence-electron chi connectivity index (χ0n) is 17.2. The number of carbonyl (C=O) groups is 2. The van der Waals surface area contributed by atoms with E-state index in [1.165, 1.54) is 6.08 Å². The summed E-state index contributed by atoms with van der Waals surface area (Å²) in [5, 5.41) is 6.35. The van der Waals surface area contributed by atoms with Crippen LogP contribution in [0.4, 0.5) is 5.69 Å². The number of esters is 1. The molecule has 0 radical (unpaired) electrons. The van der Waals surface area contributed by atoms with Gasteiger partial charge in [0.2, 0.25) is 0 Å². The number of aryl methyl sites for hydroxylation is 2. The number of anilines is 1. The van der Waals surface area contributed by atoms with Gasteiger partial charge >= 0.3 is 5.97 Å². The molecule has 0 saturated carbocycles. The average Bonchev–Trinajstić information content (AvgIpc) is 2.96. The number of hydrogen-bond acceptors (Lipinski definition) is 4. The third-order valence-corrected chi connectivity index (χ3v) is 4.96. The van der Waals surface area contributed by atoms with Crippen LogP contribution >= 0.6 is 0 Å². The van der Waals surface area contributed by atoms with E-state index in [1.807, 2.05) is 70.3 Å². The highest BCUT2D eigenvalue weighted by Gasteiger charge is 2.17. The summed E-state index contributed by atoms with van der Waals surface area (Å²) in [6.45, 7) is 5.87. The van der Waals surface area contributed by atoms with E-state index in [-0.39, 0.29) is 12.5 Å². The van der Waals surface area contributed by atoms with Gasteiger partial charge in [-0.1, -0.05) is 36.4 Å². The van der Waals surface area contributed by atoms with Crippen LogP contribution in [0.2, 0.25) is 0 Å². The molecule has 0 N–H and O–H groups in total. The molecule has 6 heteroatoms. The highest BCUT2D eigenvalue weighted by Crippen LogP contribution is 2.26. The first kappa shape index (κ1) is 20.3. The fraction of sp³-hybridized carbons (Fsp3) is 0.261. The van der Waals surface area contributed by atoms with Gasteiger partial charge in [0.25, 0.3) is 5.91 Å². The molecule has 1 heterocycles. The minimum absolute atomic E-state index is 0.264. The normalized spacial score (nSPS) is 11.2. The van der Waals surface area contributed by atoms with E-state index in [2.05, 4.69) is 5.10 Å². The number of nitrogens with zero attached hydrogens (tertiary/aromatic N) is 3. The van der Waals surface area contributed by atoms with Crippen LogP contribution < -0.4 is 4.90 Å². The lowest BCUT2D eigenvalue weighted by atomic mass is 10.1. The fourth-order valence-corrected chi connectivity index (χ4v) is 3.37. The first-order chi connectivity index (χ1) is 13.9. The molecule has 0 atom stereocenters. The summed E-state index contributed by atoms with van der Waals surface area (Å²) in [4.78, 5) is 26.5. The maximum atomic E-state index is 12.7. The molecule has 0 aliphatic rings. The molecular formula is C23H25N3O3. The molecule has 6 nitrogen and oxygen atoms in total. The number of carbonyl (C=O) groups excluding carboxylic acids is 2. The maximum Gasteiger partial charge on any atom is 0.331 e. The Kier molecular flexibility index (Phi) is 6.12. The Morgan fingerprint density at radius 3 is 2.55 bits per heavy atom. The largest absolute Gasteiger partial charge is 0.452 e. The van der Waals surface area contributed by atoms with Gasteiger partial charge in [0.1, 0.15) is 0 Å². The lowest BCUT2D eigenvalue weighted by molar-refractivity contribution is -0.142. The molecule has 0 fully saturated rings. The first-order valence-electron chi connectivity index (χ1n) is 9.55. The fourth-order valence-electron chi connectivity index (χ4n) is 3.37. The molecular weight excluding hydrogens is 366 g/mol. The summed E-state index contributed by atoms with van der Waals surface area (Å²) in [5.74, 6) is -0.825. The Morgan fingerprint density at radius 1 is 1.14 bits per heavy atom. The van der Waals surface area contributed by atoms with Crippen molar-refractivity contribution in [1.29, 1.82) is 0 Å². The van der Waals surface area contributed by atoms with Crippen molar-refractivity contribution in [2.45, 2.75) is 20.8 Å². The van der Waals surface area contributed by atoms with Crippen LogP contribution in [0.15, 0.2) is 48.5 Å². The molecule has 0 aliphatic heterocycles. The molecule has 3 aromatic rings. The SMILES string of the molecule is CCN(C(=O)COC(=O)C=Cc1c(C)nn(C)c1C)c1cccc2ccccc12. The van der Waals surface area contributed by atoms with Crippen LogP contribution in [0, 0.1) is 13.8 Å².